The van der Waals surface area contributed by atoms with Crippen LogP contribution in [0, 0.1) is 17.8 Å². The highest BCUT2D eigenvalue weighted by Gasteiger charge is 2.33. The van der Waals surface area contributed by atoms with Gasteiger partial charge in [0.25, 0.3) is 0 Å². The third kappa shape index (κ3) is 7.94. The van der Waals surface area contributed by atoms with Crippen LogP contribution < -0.4 is 0 Å². The van der Waals surface area contributed by atoms with E-state index < -0.39 is 0 Å². The molecule has 0 radical (unpaired) electrons. The van der Waals surface area contributed by atoms with Gasteiger partial charge in [0.15, 0.2) is 0 Å². The Morgan fingerprint density at radius 2 is 1.59 bits per heavy atom. The summed E-state index contributed by atoms with van der Waals surface area (Å²) >= 11 is 0. The first kappa shape index (κ1) is 19.9. The third-order valence-corrected chi connectivity index (χ3v) is 4.74. The van der Waals surface area contributed by atoms with E-state index in [9.17, 15) is 0 Å². The van der Waals surface area contributed by atoms with Crippen LogP contribution in [0.2, 0.25) is 0 Å². The zero-order valence-corrected chi connectivity index (χ0v) is 15.3. The van der Waals surface area contributed by atoms with Gasteiger partial charge < -0.3 is 14.2 Å². The van der Waals surface area contributed by atoms with Gasteiger partial charge in [-0.1, -0.05) is 40.5 Å². The SMILES string of the molecule is CCCOCCCCOCCOC1CCCC(C)C1C(C)C. The van der Waals surface area contributed by atoms with Gasteiger partial charge >= 0.3 is 0 Å². The fourth-order valence-electron chi connectivity index (χ4n) is 3.69. The molecule has 0 N–H and O–H groups in total. The van der Waals surface area contributed by atoms with Gasteiger partial charge in [0.1, 0.15) is 0 Å². The van der Waals surface area contributed by atoms with Gasteiger partial charge in [-0.25, -0.2) is 0 Å². The van der Waals surface area contributed by atoms with Crippen LogP contribution in [0.4, 0.5) is 0 Å². The predicted molar refractivity (Wildman–Crippen MR) is 92.2 cm³/mol. The summed E-state index contributed by atoms with van der Waals surface area (Å²) in [6.45, 7) is 13.2. The van der Waals surface area contributed by atoms with E-state index in [0.717, 1.165) is 58.2 Å². The summed E-state index contributed by atoms with van der Waals surface area (Å²) in [5, 5.41) is 0. The van der Waals surface area contributed by atoms with Crippen LogP contribution >= 0.6 is 0 Å². The first-order valence-electron chi connectivity index (χ1n) is 9.43. The zero-order valence-electron chi connectivity index (χ0n) is 15.3. The average Bonchev–Trinajstić information content (AvgIpc) is 2.48. The first-order valence-corrected chi connectivity index (χ1v) is 9.43. The number of unbranched alkanes of at least 4 members (excludes halogenated alkanes) is 1. The quantitative estimate of drug-likeness (QED) is 0.489. The van der Waals surface area contributed by atoms with Crippen molar-refractivity contribution in [1.82, 2.24) is 0 Å². The molecule has 22 heavy (non-hydrogen) atoms. The van der Waals surface area contributed by atoms with Crippen LogP contribution in [0.15, 0.2) is 0 Å². The minimum absolute atomic E-state index is 0.440. The second kappa shape index (κ2) is 12.3. The van der Waals surface area contributed by atoms with Gasteiger partial charge in [-0.05, 0) is 43.4 Å². The maximum atomic E-state index is 6.14. The normalized spacial score (nSPS) is 25.8. The second-order valence-electron chi connectivity index (χ2n) is 7.07. The van der Waals surface area contributed by atoms with Crippen molar-refractivity contribution < 1.29 is 14.2 Å². The summed E-state index contributed by atoms with van der Waals surface area (Å²) < 4.78 is 17.3. The predicted octanol–water partition coefficient (Wildman–Crippen LogP) is 4.69. The van der Waals surface area contributed by atoms with Crippen molar-refractivity contribution >= 4 is 0 Å². The molecule has 0 aromatic heterocycles. The number of rotatable bonds is 12. The highest BCUT2D eigenvalue weighted by Crippen LogP contribution is 2.36. The van der Waals surface area contributed by atoms with E-state index in [0.29, 0.717) is 17.9 Å². The van der Waals surface area contributed by atoms with Crippen molar-refractivity contribution in [3.8, 4) is 0 Å². The number of ether oxygens (including phenoxy) is 3. The van der Waals surface area contributed by atoms with Gasteiger partial charge in [0.2, 0.25) is 0 Å². The molecule has 0 aliphatic heterocycles. The van der Waals surface area contributed by atoms with Crippen molar-refractivity contribution in [2.24, 2.45) is 17.8 Å². The molecule has 0 saturated heterocycles. The standard InChI is InChI=1S/C19H38O3/c1-5-11-20-12-6-7-13-21-14-15-22-18-10-8-9-17(4)19(18)16(2)3/h16-19H,5-15H2,1-4H3. The summed E-state index contributed by atoms with van der Waals surface area (Å²) in [5.41, 5.74) is 0. The van der Waals surface area contributed by atoms with Crippen molar-refractivity contribution in [3.63, 3.8) is 0 Å². The molecule has 0 spiro atoms. The minimum atomic E-state index is 0.440. The second-order valence-corrected chi connectivity index (χ2v) is 7.07. The van der Waals surface area contributed by atoms with Gasteiger partial charge in [-0.15, -0.1) is 0 Å². The molecule has 1 aliphatic carbocycles. The Balaban J connectivity index is 2.01. The fourth-order valence-corrected chi connectivity index (χ4v) is 3.69. The lowest BCUT2D eigenvalue weighted by Crippen LogP contribution is -2.37. The molecular weight excluding hydrogens is 276 g/mol. The lowest BCUT2D eigenvalue weighted by atomic mass is 9.72. The zero-order chi connectivity index (χ0) is 16.2. The molecule has 132 valence electrons. The summed E-state index contributed by atoms with van der Waals surface area (Å²) in [6, 6.07) is 0. The molecule has 1 fully saturated rings. The van der Waals surface area contributed by atoms with Crippen molar-refractivity contribution in [3.05, 3.63) is 0 Å². The van der Waals surface area contributed by atoms with E-state index in [1.54, 1.807) is 0 Å². The molecule has 0 heterocycles. The smallest absolute Gasteiger partial charge is 0.0704 e. The lowest BCUT2D eigenvalue weighted by molar-refractivity contribution is -0.0648. The van der Waals surface area contributed by atoms with E-state index in [4.69, 9.17) is 14.2 Å². The Kier molecular flexibility index (Phi) is 11.2. The summed E-state index contributed by atoms with van der Waals surface area (Å²) in [7, 11) is 0. The van der Waals surface area contributed by atoms with Gasteiger partial charge in [0.05, 0.1) is 19.3 Å². The Morgan fingerprint density at radius 3 is 2.23 bits per heavy atom. The maximum absolute atomic E-state index is 6.14. The highest BCUT2D eigenvalue weighted by molar-refractivity contribution is 4.82. The molecule has 1 saturated carbocycles. The van der Waals surface area contributed by atoms with Crippen LogP contribution in [-0.4, -0.2) is 39.1 Å². The summed E-state index contributed by atoms with van der Waals surface area (Å²) in [4.78, 5) is 0. The molecule has 3 atom stereocenters. The van der Waals surface area contributed by atoms with E-state index in [1.165, 1.54) is 19.3 Å². The summed E-state index contributed by atoms with van der Waals surface area (Å²) in [6.07, 6.45) is 7.62. The van der Waals surface area contributed by atoms with Crippen molar-refractivity contribution in [1.29, 1.82) is 0 Å². The van der Waals surface area contributed by atoms with E-state index in [-0.39, 0.29) is 0 Å². The van der Waals surface area contributed by atoms with Crippen molar-refractivity contribution in [2.75, 3.05) is 33.0 Å². The van der Waals surface area contributed by atoms with Crippen LogP contribution in [0.1, 0.15) is 66.2 Å². The van der Waals surface area contributed by atoms with E-state index in [2.05, 4.69) is 27.7 Å². The average molecular weight is 315 g/mol. The molecule has 3 unspecified atom stereocenters. The number of hydrogen-bond donors (Lipinski definition) is 0. The summed E-state index contributed by atoms with van der Waals surface area (Å²) in [5.74, 6) is 2.22. The van der Waals surface area contributed by atoms with Crippen LogP contribution in [-0.2, 0) is 14.2 Å². The Hall–Kier alpha value is -0.120. The molecule has 1 rings (SSSR count). The molecule has 0 bridgehead atoms. The van der Waals surface area contributed by atoms with E-state index >= 15 is 0 Å². The largest absolute Gasteiger partial charge is 0.381 e. The molecular formula is C19H38O3. The molecule has 0 aromatic rings. The Bertz CT molecular complexity index is 255. The highest BCUT2D eigenvalue weighted by atomic mass is 16.5. The molecule has 1 aliphatic rings. The van der Waals surface area contributed by atoms with Crippen LogP contribution in [0.3, 0.4) is 0 Å². The monoisotopic (exact) mass is 314 g/mol. The van der Waals surface area contributed by atoms with E-state index in [1.807, 2.05) is 0 Å². The Labute approximate surface area is 138 Å². The fraction of sp³-hybridized carbons (Fsp3) is 1.00. The molecule has 3 heteroatoms. The van der Waals surface area contributed by atoms with Gasteiger partial charge in [0, 0.05) is 19.8 Å². The lowest BCUT2D eigenvalue weighted by Gasteiger charge is -2.39. The molecule has 0 aromatic carbocycles. The van der Waals surface area contributed by atoms with Crippen molar-refractivity contribution in [2.45, 2.75) is 72.3 Å². The number of hydrogen-bond acceptors (Lipinski definition) is 3. The van der Waals surface area contributed by atoms with Gasteiger partial charge in [-0.2, -0.15) is 0 Å². The Morgan fingerprint density at radius 1 is 0.909 bits per heavy atom. The van der Waals surface area contributed by atoms with Crippen LogP contribution in [0.5, 0.6) is 0 Å². The van der Waals surface area contributed by atoms with Gasteiger partial charge in [-0.3, -0.25) is 0 Å². The van der Waals surface area contributed by atoms with Crippen LogP contribution in [0.25, 0.3) is 0 Å². The third-order valence-electron chi connectivity index (χ3n) is 4.74. The first-order chi connectivity index (χ1) is 10.7. The topological polar surface area (TPSA) is 27.7 Å². The molecule has 3 nitrogen and oxygen atoms in total. The minimum Gasteiger partial charge on any atom is -0.381 e. The maximum Gasteiger partial charge on any atom is 0.0704 e. The molecule has 0 amide bonds.